The fraction of sp³-hybridized carbons (Fsp3) is 0.636. The molecule has 0 bridgehead atoms. The lowest BCUT2D eigenvalue weighted by Crippen LogP contribution is -2.38. The van der Waals surface area contributed by atoms with Gasteiger partial charge in [0.05, 0.1) is 0 Å². The van der Waals surface area contributed by atoms with Crippen molar-refractivity contribution in [3.05, 3.63) is 57.7 Å². The lowest BCUT2D eigenvalue weighted by Gasteiger charge is -2.39. The van der Waals surface area contributed by atoms with E-state index in [4.69, 9.17) is 14.6 Å². The minimum Gasteiger partial charge on any atom is -0.487 e. The summed E-state index contributed by atoms with van der Waals surface area (Å²) in [5.41, 5.74) is 8.11. The SMILES string of the molecule is CC(C)=CCCC(C)=CCCC(C)=CCC[C@]1(C)CCc2c3c(cc(C)c2O1)OCN(CCCCO)C3. The molecule has 0 fully saturated rings. The van der Waals surface area contributed by atoms with Gasteiger partial charge in [-0.05, 0) is 117 Å². The molecule has 37 heavy (non-hydrogen) atoms. The summed E-state index contributed by atoms with van der Waals surface area (Å²) < 4.78 is 12.9. The van der Waals surface area contributed by atoms with Crippen molar-refractivity contribution in [3.63, 3.8) is 0 Å². The van der Waals surface area contributed by atoms with Crippen LogP contribution in [0.25, 0.3) is 0 Å². The number of nitrogens with zero attached hydrogens (tertiary/aromatic N) is 1. The third-order valence-corrected chi connectivity index (χ3v) is 7.85. The Morgan fingerprint density at radius 2 is 1.70 bits per heavy atom. The number of fused-ring (bicyclic) bond motifs is 3. The zero-order valence-electron chi connectivity index (χ0n) is 24.4. The van der Waals surface area contributed by atoms with Crippen molar-refractivity contribution in [2.45, 2.75) is 118 Å². The molecule has 3 rings (SSSR count). The molecular formula is C33H51NO3. The second-order valence-electron chi connectivity index (χ2n) is 11.8. The van der Waals surface area contributed by atoms with E-state index in [2.05, 4.69) is 70.7 Å². The van der Waals surface area contributed by atoms with Gasteiger partial charge in [0, 0.05) is 30.8 Å². The molecule has 1 atom stereocenters. The van der Waals surface area contributed by atoms with Crippen LogP contribution in [0, 0.1) is 6.92 Å². The molecule has 206 valence electrons. The number of hydrogen-bond donors (Lipinski definition) is 1. The summed E-state index contributed by atoms with van der Waals surface area (Å²) in [7, 11) is 0. The molecule has 0 amide bonds. The number of allylic oxidation sites excluding steroid dienone is 6. The van der Waals surface area contributed by atoms with Gasteiger partial charge < -0.3 is 14.6 Å². The number of hydrogen-bond acceptors (Lipinski definition) is 4. The highest BCUT2D eigenvalue weighted by molar-refractivity contribution is 5.55. The molecule has 0 saturated carbocycles. The summed E-state index contributed by atoms with van der Waals surface area (Å²) >= 11 is 0. The van der Waals surface area contributed by atoms with Crippen LogP contribution in [-0.2, 0) is 13.0 Å². The van der Waals surface area contributed by atoms with Crippen LogP contribution in [0.4, 0.5) is 0 Å². The summed E-state index contributed by atoms with van der Waals surface area (Å²) in [6, 6.07) is 2.17. The van der Waals surface area contributed by atoms with Crippen LogP contribution in [0.1, 0.15) is 109 Å². The zero-order valence-corrected chi connectivity index (χ0v) is 24.4. The molecule has 0 spiro atoms. The third kappa shape index (κ3) is 9.04. The van der Waals surface area contributed by atoms with Crippen molar-refractivity contribution in [2.75, 3.05) is 19.9 Å². The molecule has 2 aliphatic rings. The van der Waals surface area contributed by atoms with Crippen molar-refractivity contribution < 1.29 is 14.6 Å². The Kier molecular flexibility index (Phi) is 11.3. The maximum atomic E-state index is 9.11. The number of aliphatic hydroxyl groups excluding tert-OH is 1. The first-order valence-corrected chi connectivity index (χ1v) is 14.5. The molecular weight excluding hydrogens is 458 g/mol. The van der Waals surface area contributed by atoms with Crippen molar-refractivity contribution in [1.29, 1.82) is 0 Å². The average Bonchev–Trinajstić information content (AvgIpc) is 2.84. The minimum atomic E-state index is -0.124. The zero-order chi connectivity index (χ0) is 26.8. The van der Waals surface area contributed by atoms with E-state index < -0.39 is 0 Å². The predicted molar refractivity (Wildman–Crippen MR) is 155 cm³/mol. The lowest BCUT2D eigenvalue weighted by atomic mass is 9.85. The van der Waals surface area contributed by atoms with Gasteiger partial charge in [0.25, 0.3) is 0 Å². The first kappa shape index (κ1) is 29.5. The second-order valence-corrected chi connectivity index (χ2v) is 11.8. The van der Waals surface area contributed by atoms with E-state index in [-0.39, 0.29) is 12.2 Å². The Morgan fingerprint density at radius 1 is 1.00 bits per heavy atom. The van der Waals surface area contributed by atoms with E-state index in [0.717, 1.165) is 82.4 Å². The van der Waals surface area contributed by atoms with E-state index in [9.17, 15) is 0 Å². The first-order valence-electron chi connectivity index (χ1n) is 14.5. The maximum Gasteiger partial charge on any atom is 0.142 e. The van der Waals surface area contributed by atoms with E-state index in [1.807, 2.05) is 0 Å². The number of unbranched alkanes of at least 4 members (excludes halogenated alkanes) is 1. The van der Waals surface area contributed by atoms with Gasteiger partial charge >= 0.3 is 0 Å². The summed E-state index contributed by atoms with van der Waals surface area (Å²) in [4.78, 5) is 2.34. The highest BCUT2D eigenvalue weighted by Gasteiger charge is 2.35. The molecule has 4 nitrogen and oxygen atoms in total. The van der Waals surface area contributed by atoms with Gasteiger partial charge in [-0.3, -0.25) is 4.90 Å². The van der Waals surface area contributed by atoms with Gasteiger partial charge in [0.2, 0.25) is 0 Å². The standard InChI is InChI=1S/C33H51NO3/c1-25(2)12-9-13-26(3)14-10-15-27(4)16-11-18-33(6)19-17-29-30-23-34(20-7-8-21-35)24-36-31(30)22-28(5)32(29)37-33/h12,14,16,22,35H,7-11,13,15,17-21,23-24H2,1-6H3/t33-/m1/s1. The van der Waals surface area contributed by atoms with E-state index >= 15 is 0 Å². The van der Waals surface area contributed by atoms with Crippen LogP contribution in [0.2, 0.25) is 0 Å². The summed E-state index contributed by atoms with van der Waals surface area (Å²) in [6.45, 7) is 16.1. The Hall–Kier alpha value is -2.04. The highest BCUT2D eigenvalue weighted by Crippen LogP contribution is 2.44. The number of aliphatic hydroxyl groups is 1. The number of rotatable bonds is 13. The molecule has 1 aromatic carbocycles. The maximum absolute atomic E-state index is 9.11. The largest absolute Gasteiger partial charge is 0.487 e. The van der Waals surface area contributed by atoms with Crippen LogP contribution in [0.5, 0.6) is 11.5 Å². The van der Waals surface area contributed by atoms with Gasteiger partial charge in [0.15, 0.2) is 0 Å². The van der Waals surface area contributed by atoms with Gasteiger partial charge in [-0.15, -0.1) is 0 Å². The lowest BCUT2D eigenvalue weighted by molar-refractivity contribution is 0.0523. The van der Waals surface area contributed by atoms with Crippen LogP contribution in [-0.4, -0.2) is 35.5 Å². The van der Waals surface area contributed by atoms with Crippen LogP contribution < -0.4 is 9.47 Å². The van der Waals surface area contributed by atoms with Crippen LogP contribution in [0.3, 0.4) is 0 Å². The number of aryl methyl sites for hydroxylation is 1. The Bertz CT molecular complexity index is 986. The molecule has 0 unspecified atom stereocenters. The molecule has 0 aliphatic carbocycles. The van der Waals surface area contributed by atoms with Crippen molar-refractivity contribution >= 4 is 0 Å². The molecule has 1 aromatic rings. The minimum absolute atomic E-state index is 0.124. The van der Waals surface area contributed by atoms with E-state index in [1.54, 1.807) is 0 Å². The molecule has 1 N–H and O–H groups in total. The monoisotopic (exact) mass is 509 g/mol. The number of ether oxygens (including phenoxy) is 2. The highest BCUT2D eigenvalue weighted by atomic mass is 16.5. The molecule has 0 radical (unpaired) electrons. The molecule has 0 saturated heterocycles. The van der Waals surface area contributed by atoms with Crippen molar-refractivity contribution in [2.24, 2.45) is 0 Å². The van der Waals surface area contributed by atoms with Crippen LogP contribution in [0.15, 0.2) is 41.0 Å². The quantitative estimate of drug-likeness (QED) is 0.215. The van der Waals surface area contributed by atoms with E-state index in [0.29, 0.717) is 6.73 Å². The van der Waals surface area contributed by atoms with Crippen molar-refractivity contribution in [1.82, 2.24) is 4.90 Å². The van der Waals surface area contributed by atoms with E-state index in [1.165, 1.54) is 39.8 Å². The Balaban J connectivity index is 1.53. The third-order valence-electron chi connectivity index (χ3n) is 7.85. The molecule has 0 aromatic heterocycles. The summed E-state index contributed by atoms with van der Waals surface area (Å²) in [5.74, 6) is 2.12. The number of benzene rings is 1. The van der Waals surface area contributed by atoms with Gasteiger partial charge in [-0.2, -0.15) is 0 Å². The molecule has 4 heteroatoms. The smallest absolute Gasteiger partial charge is 0.142 e. The normalized spacial score (nSPS) is 20.1. The Labute approximate surface area is 226 Å². The second kappa shape index (κ2) is 14.2. The summed E-state index contributed by atoms with van der Waals surface area (Å²) in [6.07, 6.45) is 17.8. The van der Waals surface area contributed by atoms with Gasteiger partial charge in [-0.1, -0.05) is 34.9 Å². The van der Waals surface area contributed by atoms with Gasteiger partial charge in [0.1, 0.15) is 23.8 Å². The summed E-state index contributed by atoms with van der Waals surface area (Å²) in [5, 5.41) is 9.11. The van der Waals surface area contributed by atoms with Crippen molar-refractivity contribution in [3.8, 4) is 11.5 Å². The average molecular weight is 510 g/mol. The Morgan fingerprint density at radius 3 is 2.41 bits per heavy atom. The fourth-order valence-electron chi connectivity index (χ4n) is 5.43. The topological polar surface area (TPSA) is 41.9 Å². The first-order chi connectivity index (χ1) is 17.7. The predicted octanol–water partition coefficient (Wildman–Crippen LogP) is 8.20. The van der Waals surface area contributed by atoms with Crippen LogP contribution >= 0.6 is 0 Å². The molecule has 2 aliphatic heterocycles. The molecule has 2 heterocycles. The van der Waals surface area contributed by atoms with Gasteiger partial charge in [-0.25, -0.2) is 0 Å². The fourth-order valence-corrected chi connectivity index (χ4v) is 5.43.